The minimum absolute atomic E-state index is 0.0881. The fourth-order valence-corrected chi connectivity index (χ4v) is 5.48. The summed E-state index contributed by atoms with van der Waals surface area (Å²) in [5.41, 5.74) is 13.5. The first-order chi connectivity index (χ1) is 20.0. The van der Waals surface area contributed by atoms with Gasteiger partial charge in [-0.15, -0.1) is 11.3 Å². The van der Waals surface area contributed by atoms with Crippen LogP contribution in [-0.2, 0) is 6.54 Å². The summed E-state index contributed by atoms with van der Waals surface area (Å²) < 4.78 is 4.64. The number of fused-ring (bicyclic) bond motifs is 1. The zero-order chi connectivity index (χ0) is 29.6. The molecule has 0 aliphatic heterocycles. The van der Waals surface area contributed by atoms with Crippen LogP contribution in [0.1, 0.15) is 65.9 Å². The van der Waals surface area contributed by atoms with E-state index in [2.05, 4.69) is 25.0 Å². The number of nitrogen functional groups attached to an aromatic ring is 1. The van der Waals surface area contributed by atoms with Crippen LogP contribution in [0.3, 0.4) is 0 Å². The van der Waals surface area contributed by atoms with Crippen molar-refractivity contribution >= 4 is 63.0 Å². The summed E-state index contributed by atoms with van der Waals surface area (Å²) in [6.45, 7) is 4.41. The average molecular weight is 591 g/mol. The fourth-order valence-electron chi connectivity index (χ4n) is 4.38. The van der Waals surface area contributed by atoms with Gasteiger partial charge in [-0.3, -0.25) is 10.2 Å². The van der Waals surface area contributed by atoms with Gasteiger partial charge in [0.1, 0.15) is 18.0 Å². The Bertz CT molecular complexity index is 1410. The lowest BCUT2D eigenvalue weighted by Crippen LogP contribution is -2.22. The fraction of sp³-hybridized carbons (Fsp3) is 0.300. The van der Waals surface area contributed by atoms with Crippen molar-refractivity contribution in [2.45, 2.75) is 52.1 Å². The number of amides is 1. The number of nitrogens with zero attached hydrogens (tertiary/aromatic N) is 3. The van der Waals surface area contributed by atoms with E-state index in [0.717, 1.165) is 34.1 Å². The lowest BCUT2D eigenvalue weighted by atomic mass is 10.0. The van der Waals surface area contributed by atoms with Crippen molar-refractivity contribution in [1.29, 1.82) is 5.41 Å². The molecule has 2 heterocycles. The highest BCUT2D eigenvalue weighted by atomic mass is 32.2. The third-order valence-electron chi connectivity index (χ3n) is 6.33. The van der Waals surface area contributed by atoms with Gasteiger partial charge in [-0.2, -0.15) is 0 Å². The van der Waals surface area contributed by atoms with Gasteiger partial charge in [0.2, 0.25) is 0 Å². The Balaban J connectivity index is 0.000000598. The number of aromatic nitrogens is 2. The third-order valence-corrected chi connectivity index (χ3v) is 7.78. The van der Waals surface area contributed by atoms with Gasteiger partial charge in [0, 0.05) is 29.1 Å². The largest absolute Gasteiger partial charge is 0.389 e. The van der Waals surface area contributed by atoms with Crippen LogP contribution < -0.4 is 22.1 Å². The van der Waals surface area contributed by atoms with E-state index < -0.39 is 0 Å². The number of hydrogen-bond acceptors (Lipinski definition) is 9. The highest BCUT2D eigenvalue weighted by molar-refractivity contribution is 7.97. The van der Waals surface area contributed by atoms with Crippen LogP contribution in [0.4, 0.5) is 11.6 Å². The van der Waals surface area contributed by atoms with Crippen molar-refractivity contribution in [3.05, 3.63) is 82.5 Å². The standard InChI is InChI=1S/C26H26N6OS.C2H6N2S.C2H6/c27-23(22-24(28)30-15-31-25(22)32-19-6-2-3-7-19)17-11-9-16(10-12-17)14-29-26(33)21-13-18-5-1-4-8-20(18)34-21;1-5-4-2-3;1-2/h1,4-5,8-13,15,19,27H,2-3,6-7,14H2,(H,29,33)(H3,28,30,31,32);2H,1H3,(H2,3,4);1-2H3. The summed E-state index contributed by atoms with van der Waals surface area (Å²) in [5.74, 6) is 0.819. The lowest BCUT2D eigenvalue weighted by Gasteiger charge is -2.17. The van der Waals surface area contributed by atoms with Crippen LogP contribution >= 0.6 is 23.3 Å². The van der Waals surface area contributed by atoms with E-state index in [1.807, 2.05) is 74.7 Å². The molecular weight excluding hydrogens is 553 g/mol. The molecule has 0 atom stereocenters. The molecule has 0 radical (unpaired) electrons. The minimum atomic E-state index is -0.0881. The number of nitrogens with one attached hydrogen (secondary N) is 3. The van der Waals surface area contributed by atoms with E-state index in [0.29, 0.717) is 34.7 Å². The van der Waals surface area contributed by atoms with Gasteiger partial charge in [0.05, 0.1) is 22.5 Å². The molecule has 5 rings (SSSR count). The maximum absolute atomic E-state index is 12.6. The van der Waals surface area contributed by atoms with Gasteiger partial charge < -0.3 is 22.1 Å². The van der Waals surface area contributed by atoms with Crippen LogP contribution in [0.15, 0.2) is 65.3 Å². The molecule has 0 saturated heterocycles. The van der Waals surface area contributed by atoms with Crippen molar-refractivity contribution in [3.63, 3.8) is 0 Å². The number of carbonyl (C=O) groups excluding carboxylic acids is 1. The number of hydrogen-bond donors (Lipinski definition) is 5. The number of benzene rings is 2. The van der Waals surface area contributed by atoms with Crippen LogP contribution in [-0.4, -0.2) is 40.2 Å². The van der Waals surface area contributed by atoms with Crippen LogP contribution in [0.2, 0.25) is 0 Å². The maximum Gasteiger partial charge on any atom is 0.261 e. The molecule has 41 heavy (non-hydrogen) atoms. The van der Waals surface area contributed by atoms with Crippen molar-refractivity contribution in [2.75, 3.05) is 17.3 Å². The minimum Gasteiger partial charge on any atom is -0.389 e. The molecule has 2 aromatic heterocycles. The number of rotatable bonds is 8. The Kier molecular flexibility index (Phi) is 12.6. The van der Waals surface area contributed by atoms with Gasteiger partial charge in [0.15, 0.2) is 0 Å². The van der Waals surface area contributed by atoms with Crippen molar-refractivity contribution < 1.29 is 4.79 Å². The van der Waals surface area contributed by atoms with E-state index in [1.54, 1.807) is 0 Å². The number of nitrogens with two attached hydrogens (primary N) is 2. The molecular formula is C30H38N8OS2. The van der Waals surface area contributed by atoms with Crippen molar-refractivity contribution in [1.82, 2.24) is 15.3 Å². The second-order valence-corrected chi connectivity index (χ2v) is 10.6. The van der Waals surface area contributed by atoms with E-state index in [4.69, 9.17) is 16.9 Å². The third kappa shape index (κ3) is 8.76. The molecule has 1 aliphatic rings. The molecule has 4 aromatic rings. The SMILES string of the molecule is CC.CS/N=C/N.N=C(c1ccc(CNC(=O)c2cc3ccccc3s2)cc1)c1c(N)ncnc1NC1CCCC1. The summed E-state index contributed by atoms with van der Waals surface area (Å²) in [6.07, 6.45) is 9.15. The predicted octanol–water partition coefficient (Wildman–Crippen LogP) is 6.25. The van der Waals surface area contributed by atoms with Gasteiger partial charge in [0.25, 0.3) is 5.91 Å². The second kappa shape index (κ2) is 16.3. The van der Waals surface area contributed by atoms with Gasteiger partial charge in [-0.1, -0.05) is 69.2 Å². The lowest BCUT2D eigenvalue weighted by molar-refractivity contribution is 0.0955. The Morgan fingerprint density at radius 3 is 2.49 bits per heavy atom. The molecule has 9 nitrogen and oxygen atoms in total. The van der Waals surface area contributed by atoms with E-state index in [1.165, 1.54) is 48.8 Å². The van der Waals surface area contributed by atoms with E-state index >= 15 is 0 Å². The number of anilines is 2. The Morgan fingerprint density at radius 2 is 1.85 bits per heavy atom. The summed E-state index contributed by atoms with van der Waals surface area (Å²) in [4.78, 5) is 21.8. The summed E-state index contributed by atoms with van der Waals surface area (Å²) in [5, 5.41) is 16.3. The average Bonchev–Trinajstić information content (AvgIpc) is 3.68. The highest BCUT2D eigenvalue weighted by Gasteiger charge is 2.21. The molecule has 7 N–H and O–H groups in total. The van der Waals surface area contributed by atoms with Crippen molar-refractivity contribution in [2.24, 2.45) is 10.1 Å². The van der Waals surface area contributed by atoms with Crippen molar-refractivity contribution in [3.8, 4) is 0 Å². The highest BCUT2D eigenvalue weighted by Crippen LogP contribution is 2.27. The summed E-state index contributed by atoms with van der Waals surface area (Å²) in [7, 11) is 0. The summed E-state index contributed by atoms with van der Waals surface area (Å²) in [6, 6.07) is 17.8. The van der Waals surface area contributed by atoms with Crippen LogP contribution in [0, 0.1) is 5.41 Å². The first-order valence-corrected chi connectivity index (χ1v) is 15.6. The number of carbonyl (C=O) groups is 1. The predicted molar refractivity (Wildman–Crippen MR) is 175 cm³/mol. The number of thiophene rings is 1. The molecule has 0 spiro atoms. The molecule has 1 amide bonds. The first-order valence-electron chi connectivity index (χ1n) is 13.6. The smallest absolute Gasteiger partial charge is 0.261 e. The van der Waals surface area contributed by atoms with Gasteiger partial charge in [-0.25, -0.2) is 14.4 Å². The van der Waals surface area contributed by atoms with Crippen LogP contribution in [0.5, 0.6) is 0 Å². The molecule has 0 unspecified atom stereocenters. The van der Waals surface area contributed by atoms with Gasteiger partial charge in [-0.05, 0) is 47.9 Å². The first kappa shape index (κ1) is 31.6. The molecule has 1 saturated carbocycles. The van der Waals surface area contributed by atoms with E-state index in [-0.39, 0.29) is 11.6 Å². The molecule has 0 bridgehead atoms. The summed E-state index contributed by atoms with van der Waals surface area (Å²) >= 11 is 2.83. The molecule has 1 fully saturated rings. The molecule has 1 aliphatic carbocycles. The maximum atomic E-state index is 12.6. The Hall–Kier alpha value is -3.96. The van der Waals surface area contributed by atoms with E-state index in [9.17, 15) is 4.79 Å². The quantitative estimate of drug-likeness (QED) is 0.0922. The molecule has 2 aromatic carbocycles. The zero-order valence-electron chi connectivity index (χ0n) is 23.7. The second-order valence-electron chi connectivity index (χ2n) is 8.95. The van der Waals surface area contributed by atoms with Gasteiger partial charge >= 0.3 is 0 Å². The molecule has 11 heteroatoms. The Labute approximate surface area is 249 Å². The zero-order valence-corrected chi connectivity index (χ0v) is 25.3. The Morgan fingerprint density at radius 1 is 1.15 bits per heavy atom. The topological polar surface area (TPSA) is 155 Å². The normalized spacial score (nSPS) is 12.8. The van der Waals surface area contributed by atoms with Crippen LogP contribution in [0.25, 0.3) is 10.1 Å². The monoisotopic (exact) mass is 590 g/mol. The molecule has 216 valence electrons.